The molecule has 1 unspecified atom stereocenters. The number of rotatable bonds is 7. The molecule has 0 saturated heterocycles. The van der Waals surface area contributed by atoms with Crippen LogP contribution >= 0.6 is 0 Å². The van der Waals surface area contributed by atoms with E-state index in [2.05, 4.69) is 4.98 Å². The molecule has 124 valence electrons. The van der Waals surface area contributed by atoms with Crippen LogP contribution in [0.25, 0.3) is 10.9 Å². The van der Waals surface area contributed by atoms with E-state index in [4.69, 9.17) is 9.47 Å². The van der Waals surface area contributed by atoms with Gasteiger partial charge in [-0.3, -0.25) is 0 Å². The number of hydrogen-bond acceptors (Lipinski definition) is 4. The lowest BCUT2D eigenvalue weighted by Crippen LogP contribution is -2.25. The second-order valence-corrected chi connectivity index (χ2v) is 5.40. The molecule has 4 nitrogen and oxygen atoms in total. The summed E-state index contributed by atoms with van der Waals surface area (Å²) in [6, 6.07) is 18.6. The number of benzene rings is 2. The van der Waals surface area contributed by atoms with Crippen LogP contribution in [0.3, 0.4) is 0 Å². The van der Waals surface area contributed by atoms with Gasteiger partial charge in [0, 0.05) is 5.39 Å². The van der Waals surface area contributed by atoms with Crippen LogP contribution in [0.1, 0.15) is 5.56 Å². The summed E-state index contributed by atoms with van der Waals surface area (Å²) < 4.78 is 24.2. The highest BCUT2D eigenvalue weighted by molar-refractivity contribution is 5.80. The Kier molecular flexibility index (Phi) is 5.23. The number of hydrogen-bond donors (Lipinski definition) is 1. The minimum atomic E-state index is -0.803. The number of aromatic nitrogens is 1. The molecule has 1 atom stereocenters. The van der Waals surface area contributed by atoms with Crippen LogP contribution in [0.4, 0.5) is 4.39 Å². The molecule has 3 rings (SSSR count). The predicted molar refractivity (Wildman–Crippen MR) is 89.9 cm³/mol. The maximum Gasteiger partial charge on any atom is 0.255 e. The second kappa shape index (κ2) is 7.75. The summed E-state index contributed by atoms with van der Waals surface area (Å²) in [7, 11) is 0. The van der Waals surface area contributed by atoms with E-state index >= 15 is 0 Å². The van der Waals surface area contributed by atoms with Gasteiger partial charge >= 0.3 is 0 Å². The minimum Gasteiger partial charge on any atom is -0.491 e. The highest BCUT2D eigenvalue weighted by atomic mass is 19.1. The summed E-state index contributed by atoms with van der Waals surface area (Å²) in [6.07, 6.45) is -0.803. The Morgan fingerprint density at radius 2 is 1.79 bits per heavy atom. The zero-order valence-corrected chi connectivity index (χ0v) is 13.1. The van der Waals surface area contributed by atoms with Gasteiger partial charge in [0.25, 0.3) is 5.88 Å². The first-order valence-corrected chi connectivity index (χ1v) is 7.69. The van der Waals surface area contributed by atoms with Gasteiger partial charge in [-0.05, 0) is 17.7 Å². The molecule has 0 saturated carbocycles. The van der Waals surface area contributed by atoms with Crippen molar-refractivity contribution < 1.29 is 19.0 Å². The van der Waals surface area contributed by atoms with Gasteiger partial charge in [-0.1, -0.05) is 48.5 Å². The predicted octanol–water partition coefficient (Wildman–Crippen LogP) is 3.87. The van der Waals surface area contributed by atoms with Crippen molar-refractivity contribution in [2.24, 2.45) is 0 Å². The third-order valence-corrected chi connectivity index (χ3v) is 3.55. The van der Waals surface area contributed by atoms with E-state index in [1.165, 1.54) is 0 Å². The van der Waals surface area contributed by atoms with Crippen LogP contribution < -0.4 is 4.74 Å². The standard InChI is InChI=1S/C19H18FNO3/c20-11-16(13-23-12-14-6-2-1-3-7-14)24-18-10-15-8-4-5-9-17(15)21-19(18)22/h1-10,16H,11-13H2,(H,21,22). The van der Waals surface area contributed by atoms with E-state index in [-0.39, 0.29) is 18.2 Å². The molecule has 0 radical (unpaired) electrons. The van der Waals surface area contributed by atoms with Crippen LogP contribution in [0.2, 0.25) is 0 Å². The number of aromatic hydroxyl groups is 1. The fourth-order valence-corrected chi connectivity index (χ4v) is 2.35. The summed E-state index contributed by atoms with van der Waals surface area (Å²) in [4.78, 5) is 4.06. The first-order valence-electron chi connectivity index (χ1n) is 7.69. The van der Waals surface area contributed by atoms with E-state index in [1.54, 1.807) is 12.1 Å². The molecule has 1 aromatic heterocycles. The number of alkyl halides is 1. The number of nitrogens with zero attached hydrogens (tertiary/aromatic N) is 1. The highest BCUT2D eigenvalue weighted by Gasteiger charge is 2.15. The Morgan fingerprint density at radius 3 is 2.58 bits per heavy atom. The Hall–Kier alpha value is -2.66. The molecular formula is C19H18FNO3. The Bertz CT molecular complexity index is 795. The molecule has 5 heteroatoms. The van der Waals surface area contributed by atoms with Crippen molar-refractivity contribution in [3.8, 4) is 11.6 Å². The SMILES string of the molecule is Oc1nc2ccccc2cc1OC(CF)COCc1ccccc1. The molecule has 3 aromatic rings. The van der Waals surface area contributed by atoms with Crippen molar-refractivity contribution in [2.45, 2.75) is 12.7 Å². The van der Waals surface area contributed by atoms with Crippen molar-refractivity contribution in [1.29, 1.82) is 0 Å². The van der Waals surface area contributed by atoms with Crippen LogP contribution in [0.15, 0.2) is 60.7 Å². The zero-order valence-electron chi connectivity index (χ0n) is 13.1. The molecule has 1 N–H and O–H groups in total. The number of para-hydroxylation sites is 1. The maximum atomic E-state index is 13.2. The third-order valence-electron chi connectivity index (χ3n) is 3.55. The molecule has 24 heavy (non-hydrogen) atoms. The van der Waals surface area contributed by atoms with Crippen molar-refractivity contribution in [3.05, 3.63) is 66.2 Å². The zero-order chi connectivity index (χ0) is 16.8. The maximum absolute atomic E-state index is 13.2. The average molecular weight is 327 g/mol. The summed E-state index contributed by atoms with van der Waals surface area (Å²) in [5.74, 6) is -0.102. The van der Waals surface area contributed by atoms with Crippen LogP contribution in [-0.2, 0) is 11.3 Å². The van der Waals surface area contributed by atoms with Gasteiger partial charge in [0.15, 0.2) is 11.9 Å². The lowest BCUT2D eigenvalue weighted by atomic mass is 10.2. The van der Waals surface area contributed by atoms with E-state index < -0.39 is 12.8 Å². The van der Waals surface area contributed by atoms with Crippen LogP contribution in [-0.4, -0.2) is 29.5 Å². The normalized spacial score (nSPS) is 12.2. The molecule has 0 fully saturated rings. The summed E-state index contributed by atoms with van der Waals surface area (Å²) in [5.41, 5.74) is 1.66. The summed E-state index contributed by atoms with van der Waals surface area (Å²) in [5, 5.41) is 10.8. The minimum absolute atomic E-state index is 0.0810. The summed E-state index contributed by atoms with van der Waals surface area (Å²) in [6.45, 7) is -0.263. The first-order chi connectivity index (χ1) is 11.8. The van der Waals surface area contributed by atoms with E-state index in [0.717, 1.165) is 10.9 Å². The fourth-order valence-electron chi connectivity index (χ4n) is 2.35. The molecule has 2 aromatic carbocycles. The van der Waals surface area contributed by atoms with Crippen molar-refractivity contribution >= 4 is 10.9 Å². The molecule has 0 bridgehead atoms. The van der Waals surface area contributed by atoms with Crippen LogP contribution in [0, 0.1) is 0 Å². The lowest BCUT2D eigenvalue weighted by Gasteiger charge is -2.17. The fraction of sp³-hybridized carbons (Fsp3) is 0.211. The first kappa shape index (κ1) is 16.2. The third kappa shape index (κ3) is 4.00. The van der Waals surface area contributed by atoms with Crippen molar-refractivity contribution in [3.63, 3.8) is 0 Å². The van der Waals surface area contributed by atoms with Gasteiger partial charge < -0.3 is 14.6 Å². The van der Waals surface area contributed by atoms with E-state index in [1.807, 2.05) is 48.5 Å². The Balaban J connectivity index is 1.63. The number of ether oxygens (including phenoxy) is 2. The van der Waals surface area contributed by atoms with E-state index in [9.17, 15) is 9.50 Å². The molecule has 0 aliphatic heterocycles. The Labute approximate surface area is 139 Å². The lowest BCUT2D eigenvalue weighted by molar-refractivity contribution is 0.0284. The second-order valence-electron chi connectivity index (χ2n) is 5.40. The van der Waals surface area contributed by atoms with Gasteiger partial charge in [-0.25, -0.2) is 9.37 Å². The van der Waals surface area contributed by atoms with Crippen LogP contribution in [0.5, 0.6) is 11.6 Å². The average Bonchev–Trinajstić information content (AvgIpc) is 2.62. The number of fused-ring (bicyclic) bond motifs is 1. The van der Waals surface area contributed by atoms with E-state index in [0.29, 0.717) is 12.1 Å². The van der Waals surface area contributed by atoms with Crippen molar-refractivity contribution in [2.75, 3.05) is 13.3 Å². The smallest absolute Gasteiger partial charge is 0.255 e. The topological polar surface area (TPSA) is 51.6 Å². The largest absolute Gasteiger partial charge is 0.491 e. The number of pyridine rings is 1. The van der Waals surface area contributed by atoms with Gasteiger partial charge in [0.2, 0.25) is 0 Å². The summed E-state index contributed by atoms with van der Waals surface area (Å²) >= 11 is 0. The molecule has 0 aliphatic rings. The van der Waals surface area contributed by atoms with Gasteiger partial charge in [0.05, 0.1) is 18.7 Å². The number of halogens is 1. The molecular weight excluding hydrogens is 309 g/mol. The molecule has 0 aliphatic carbocycles. The molecule has 1 heterocycles. The van der Waals surface area contributed by atoms with Gasteiger partial charge in [-0.15, -0.1) is 0 Å². The monoisotopic (exact) mass is 327 g/mol. The van der Waals surface area contributed by atoms with Gasteiger partial charge in [-0.2, -0.15) is 0 Å². The molecule has 0 amide bonds. The highest BCUT2D eigenvalue weighted by Crippen LogP contribution is 2.29. The molecule has 0 spiro atoms. The van der Waals surface area contributed by atoms with Gasteiger partial charge in [0.1, 0.15) is 6.67 Å². The Morgan fingerprint density at radius 1 is 1.04 bits per heavy atom. The quantitative estimate of drug-likeness (QED) is 0.715. The van der Waals surface area contributed by atoms with Crippen molar-refractivity contribution in [1.82, 2.24) is 4.98 Å².